The van der Waals surface area contributed by atoms with Gasteiger partial charge in [-0.25, -0.2) is 8.42 Å². The number of rotatable bonds is 4. The van der Waals surface area contributed by atoms with Gasteiger partial charge in [-0.05, 0) is 44.0 Å². The minimum Gasteiger partial charge on any atom is -0.350 e. The molecule has 0 bridgehead atoms. The van der Waals surface area contributed by atoms with E-state index in [1.807, 2.05) is 13.8 Å². The predicted molar refractivity (Wildman–Crippen MR) is 71.4 cm³/mol. The number of hydrogen-bond donors (Lipinski definition) is 1. The maximum absolute atomic E-state index is 11.9. The average molecular weight is 290 g/mol. The van der Waals surface area contributed by atoms with Crippen molar-refractivity contribution in [1.29, 1.82) is 0 Å². The highest BCUT2D eigenvalue weighted by atomic mass is 35.7. The van der Waals surface area contributed by atoms with Gasteiger partial charge in [-0.2, -0.15) is 0 Å². The van der Waals surface area contributed by atoms with Crippen molar-refractivity contribution in [2.24, 2.45) is 0 Å². The van der Waals surface area contributed by atoms with Crippen molar-refractivity contribution in [3.05, 3.63) is 29.3 Å². The van der Waals surface area contributed by atoms with E-state index in [0.29, 0.717) is 11.1 Å². The second-order valence-electron chi connectivity index (χ2n) is 4.26. The van der Waals surface area contributed by atoms with Crippen molar-refractivity contribution in [3.63, 3.8) is 0 Å². The smallest absolute Gasteiger partial charge is 0.261 e. The monoisotopic (exact) mass is 289 g/mol. The first kappa shape index (κ1) is 15.0. The summed E-state index contributed by atoms with van der Waals surface area (Å²) in [5.74, 6) is -0.297. The van der Waals surface area contributed by atoms with Gasteiger partial charge in [0.05, 0.1) is 4.90 Å². The van der Waals surface area contributed by atoms with Crippen molar-refractivity contribution in [2.45, 2.75) is 38.1 Å². The summed E-state index contributed by atoms with van der Waals surface area (Å²) >= 11 is 0. The van der Waals surface area contributed by atoms with Crippen LogP contribution in [0.25, 0.3) is 0 Å². The summed E-state index contributed by atoms with van der Waals surface area (Å²) in [6.45, 7) is 5.55. The standard InChI is InChI=1S/C12H16ClNO3S/c1-4-9(3)14-12(15)10-5-8(2)6-11(7-10)18(13,16)17/h5-7,9H,4H2,1-3H3,(H,14,15). The Hall–Kier alpha value is -1.07. The molecule has 4 nitrogen and oxygen atoms in total. The Morgan fingerprint density at radius 2 is 2.00 bits per heavy atom. The number of halogens is 1. The predicted octanol–water partition coefficient (Wildman–Crippen LogP) is 2.45. The van der Waals surface area contributed by atoms with Gasteiger partial charge in [-0.3, -0.25) is 4.79 Å². The van der Waals surface area contributed by atoms with Crippen LogP contribution in [0.4, 0.5) is 0 Å². The number of carbonyl (C=O) groups is 1. The molecule has 0 saturated carbocycles. The number of amides is 1. The molecule has 100 valence electrons. The number of hydrogen-bond acceptors (Lipinski definition) is 3. The third kappa shape index (κ3) is 3.99. The molecule has 1 aromatic rings. The highest BCUT2D eigenvalue weighted by molar-refractivity contribution is 8.13. The lowest BCUT2D eigenvalue weighted by molar-refractivity contribution is 0.0939. The van der Waals surface area contributed by atoms with E-state index in [2.05, 4.69) is 5.32 Å². The van der Waals surface area contributed by atoms with Crippen LogP contribution in [-0.2, 0) is 9.05 Å². The van der Waals surface area contributed by atoms with Gasteiger partial charge in [0, 0.05) is 22.3 Å². The fraction of sp³-hybridized carbons (Fsp3) is 0.417. The minimum absolute atomic E-state index is 0.0362. The third-order valence-corrected chi connectivity index (χ3v) is 3.92. The Kier molecular flexibility index (Phi) is 4.76. The van der Waals surface area contributed by atoms with E-state index in [9.17, 15) is 13.2 Å². The van der Waals surface area contributed by atoms with E-state index in [-0.39, 0.29) is 16.8 Å². The first-order valence-electron chi connectivity index (χ1n) is 5.61. The summed E-state index contributed by atoms with van der Waals surface area (Å²) in [5, 5.41) is 2.77. The summed E-state index contributed by atoms with van der Waals surface area (Å²) in [5.41, 5.74) is 0.973. The van der Waals surface area contributed by atoms with E-state index in [0.717, 1.165) is 6.42 Å². The van der Waals surface area contributed by atoms with Crippen molar-refractivity contribution >= 4 is 25.6 Å². The summed E-state index contributed by atoms with van der Waals surface area (Å²) < 4.78 is 22.5. The molecule has 6 heteroatoms. The molecule has 0 spiro atoms. The Labute approximate surface area is 112 Å². The summed E-state index contributed by atoms with van der Waals surface area (Å²) in [7, 11) is 1.46. The van der Waals surface area contributed by atoms with Gasteiger partial charge >= 0.3 is 0 Å². The van der Waals surface area contributed by atoms with Crippen molar-refractivity contribution < 1.29 is 13.2 Å². The normalized spacial score (nSPS) is 13.1. The Morgan fingerprint density at radius 1 is 1.39 bits per heavy atom. The SMILES string of the molecule is CCC(C)NC(=O)c1cc(C)cc(S(=O)(=O)Cl)c1. The topological polar surface area (TPSA) is 63.2 Å². The highest BCUT2D eigenvalue weighted by Crippen LogP contribution is 2.18. The van der Waals surface area contributed by atoms with Gasteiger partial charge in [0.2, 0.25) is 0 Å². The van der Waals surface area contributed by atoms with E-state index in [1.165, 1.54) is 12.1 Å². The van der Waals surface area contributed by atoms with Gasteiger partial charge < -0.3 is 5.32 Å². The van der Waals surface area contributed by atoms with E-state index >= 15 is 0 Å². The van der Waals surface area contributed by atoms with Gasteiger partial charge in [-0.15, -0.1) is 0 Å². The van der Waals surface area contributed by atoms with Crippen LogP contribution < -0.4 is 5.32 Å². The molecule has 0 aliphatic rings. The number of carbonyl (C=O) groups excluding carboxylic acids is 1. The summed E-state index contributed by atoms with van der Waals surface area (Å²) in [4.78, 5) is 11.8. The molecule has 1 atom stereocenters. The molecule has 0 heterocycles. The van der Waals surface area contributed by atoms with E-state index < -0.39 is 9.05 Å². The van der Waals surface area contributed by atoms with Crippen LogP contribution in [0, 0.1) is 6.92 Å². The summed E-state index contributed by atoms with van der Waals surface area (Å²) in [6, 6.07) is 4.38. The van der Waals surface area contributed by atoms with Crippen molar-refractivity contribution in [3.8, 4) is 0 Å². The molecule has 1 rings (SSSR count). The Morgan fingerprint density at radius 3 is 2.50 bits per heavy atom. The summed E-state index contributed by atoms with van der Waals surface area (Å²) in [6.07, 6.45) is 0.804. The quantitative estimate of drug-likeness (QED) is 0.866. The lowest BCUT2D eigenvalue weighted by Gasteiger charge is -2.12. The zero-order valence-corrected chi connectivity index (χ0v) is 12.1. The molecule has 1 N–H and O–H groups in total. The van der Waals surface area contributed by atoms with Crippen molar-refractivity contribution in [1.82, 2.24) is 5.32 Å². The molecule has 0 fully saturated rings. The van der Waals surface area contributed by atoms with Gasteiger partial charge in [-0.1, -0.05) is 6.92 Å². The second-order valence-corrected chi connectivity index (χ2v) is 6.82. The molecule has 0 radical (unpaired) electrons. The molecule has 0 saturated heterocycles. The molecule has 1 unspecified atom stereocenters. The third-order valence-electron chi connectivity index (χ3n) is 2.58. The lowest BCUT2D eigenvalue weighted by atomic mass is 10.1. The van der Waals surface area contributed by atoms with Crippen LogP contribution in [-0.4, -0.2) is 20.4 Å². The number of benzene rings is 1. The van der Waals surface area contributed by atoms with E-state index in [4.69, 9.17) is 10.7 Å². The number of aryl methyl sites for hydroxylation is 1. The first-order chi connectivity index (χ1) is 8.24. The maximum Gasteiger partial charge on any atom is 0.261 e. The molecule has 0 aromatic heterocycles. The molecular weight excluding hydrogens is 274 g/mol. The van der Waals surface area contributed by atoms with Gasteiger partial charge in [0.25, 0.3) is 15.0 Å². The Balaban J connectivity index is 3.11. The first-order valence-corrected chi connectivity index (χ1v) is 7.92. The fourth-order valence-electron chi connectivity index (χ4n) is 1.43. The number of nitrogens with one attached hydrogen (secondary N) is 1. The minimum atomic E-state index is -3.82. The maximum atomic E-state index is 11.9. The van der Waals surface area contributed by atoms with Crippen LogP contribution in [0.2, 0.25) is 0 Å². The molecule has 18 heavy (non-hydrogen) atoms. The molecule has 1 amide bonds. The van der Waals surface area contributed by atoms with Gasteiger partial charge in [0.15, 0.2) is 0 Å². The van der Waals surface area contributed by atoms with Crippen molar-refractivity contribution in [2.75, 3.05) is 0 Å². The lowest BCUT2D eigenvalue weighted by Crippen LogP contribution is -2.32. The highest BCUT2D eigenvalue weighted by Gasteiger charge is 2.15. The van der Waals surface area contributed by atoms with Crippen LogP contribution in [0.3, 0.4) is 0 Å². The molecule has 1 aromatic carbocycles. The zero-order valence-electron chi connectivity index (χ0n) is 10.5. The van der Waals surface area contributed by atoms with Gasteiger partial charge in [0.1, 0.15) is 0 Å². The molecular formula is C12H16ClNO3S. The Bertz CT molecular complexity index is 554. The van der Waals surface area contributed by atoms with Crippen LogP contribution >= 0.6 is 10.7 Å². The van der Waals surface area contributed by atoms with E-state index in [1.54, 1.807) is 13.0 Å². The molecule has 0 aliphatic heterocycles. The van der Waals surface area contributed by atoms with Crippen LogP contribution in [0.5, 0.6) is 0 Å². The average Bonchev–Trinajstić information content (AvgIpc) is 2.26. The largest absolute Gasteiger partial charge is 0.350 e. The van der Waals surface area contributed by atoms with Crippen LogP contribution in [0.1, 0.15) is 36.2 Å². The fourth-order valence-corrected chi connectivity index (χ4v) is 2.29. The zero-order chi connectivity index (χ0) is 13.9. The second kappa shape index (κ2) is 5.71. The van der Waals surface area contributed by atoms with Crippen LogP contribution in [0.15, 0.2) is 23.1 Å². The molecule has 0 aliphatic carbocycles.